The number of hydrogen-bond donors (Lipinski definition) is 0. The molecule has 1 amide bonds. The van der Waals surface area contributed by atoms with Gasteiger partial charge in [-0.2, -0.15) is 13.2 Å². The van der Waals surface area contributed by atoms with Crippen LogP contribution < -0.4 is 4.90 Å². The maximum absolute atomic E-state index is 12.7. The molecule has 9 heteroatoms. The SMILES string of the molecule is O=C(C1CCN(c2cc(C(F)(F)F)ncn2)CC1)N1CCOCC1. The Bertz CT molecular complexity index is 582. The number of ether oxygens (including phenoxy) is 1. The van der Waals surface area contributed by atoms with Crippen LogP contribution in [0, 0.1) is 5.92 Å². The van der Waals surface area contributed by atoms with Crippen molar-refractivity contribution in [3.63, 3.8) is 0 Å². The van der Waals surface area contributed by atoms with Crippen LogP contribution in [-0.2, 0) is 15.7 Å². The van der Waals surface area contributed by atoms with Gasteiger partial charge < -0.3 is 14.5 Å². The van der Waals surface area contributed by atoms with Gasteiger partial charge in [-0.25, -0.2) is 9.97 Å². The van der Waals surface area contributed by atoms with Gasteiger partial charge in [0.2, 0.25) is 5.91 Å². The predicted molar refractivity (Wildman–Crippen MR) is 79.4 cm³/mol. The van der Waals surface area contributed by atoms with Gasteiger partial charge in [0.25, 0.3) is 0 Å². The minimum absolute atomic E-state index is 0.0803. The summed E-state index contributed by atoms with van der Waals surface area (Å²) in [6, 6.07) is 0.962. The molecule has 1 aromatic heterocycles. The molecule has 0 aromatic carbocycles. The monoisotopic (exact) mass is 344 g/mol. The fraction of sp³-hybridized carbons (Fsp3) is 0.667. The highest BCUT2D eigenvalue weighted by Crippen LogP contribution is 2.30. The number of aromatic nitrogens is 2. The zero-order valence-corrected chi connectivity index (χ0v) is 13.1. The minimum atomic E-state index is -4.48. The number of morpholine rings is 1. The Labute approximate surface area is 137 Å². The lowest BCUT2D eigenvalue weighted by Crippen LogP contribution is -2.47. The highest BCUT2D eigenvalue weighted by Gasteiger charge is 2.34. The Morgan fingerprint density at radius 3 is 2.42 bits per heavy atom. The zero-order valence-electron chi connectivity index (χ0n) is 13.1. The summed E-state index contributed by atoms with van der Waals surface area (Å²) < 4.78 is 43.5. The Kier molecular flexibility index (Phi) is 4.88. The lowest BCUT2D eigenvalue weighted by Gasteiger charge is -2.36. The average molecular weight is 344 g/mol. The second-order valence-corrected chi connectivity index (χ2v) is 5.96. The third kappa shape index (κ3) is 3.77. The highest BCUT2D eigenvalue weighted by molar-refractivity contribution is 5.79. The molecule has 0 unspecified atom stereocenters. The lowest BCUT2D eigenvalue weighted by atomic mass is 9.95. The molecule has 3 rings (SSSR count). The fourth-order valence-electron chi connectivity index (χ4n) is 3.07. The number of nitrogens with zero attached hydrogens (tertiary/aromatic N) is 4. The van der Waals surface area contributed by atoms with E-state index in [2.05, 4.69) is 9.97 Å². The molecule has 2 aliphatic rings. The van der Waals surface area contributed by atoms with Gasteiger partial charge in [-0.05, 0) is 12.8 Å². The summed E-state index contributed by atoms with van der Waals surface area (Å²) >= 11 is 0. The van der Waals surface area contributed by atoms with Gasteiger partial charge in [0.1, 0.15) is 17.8 Å². The Morgan fingerprint density at radius 2 is 1.79 bits per heavy atom. The average Bonchev–Trinajstić information content (AvgIpc) is 2.61. The van der Waals surface area contributed by atoms with E-state index >= 15 is 0 Å². The van der Waals surface area contributed by atoms with E-state index in [-0.39, 0.29) is 17.6 Å². The van der Waals surface area contributed by atoms with Crippen LogP contribution in [0.3, 0.4) is 0 Å². The van der Waals surface area contributed by atoms with E-state index in [9.17, 15) is 18.0 Å². The van der Waals surface area contributed by atoms with Gasteiger partial charge in [-0.15, -0.1) is 0 Å². The summed E-state index contributed by atoms with van der Waals surface area (Å²) in [6.45, 7) is 3.36. The summed E-state index contributed by atoms with van der Waals surface area (Å²) in [5.74, 6) is 0.300. The summed E-state index contributed by atoms with van der Waals surface area (Å²) in [5, 5.41) is 0. The third-order valence-electron chi connectivity index (χ3n) is 4.43. The number of carbonyl (C=O) groups excluding carboxylic acids is 1. The standard InChI is InChI=1S/C15H19F3N4O2/c16-15(17,18)12-9-13(20-10-19-12)21-3-1-11(2-4-21)14(23)22-5-7-24-8-6-22/h9-11H,1-8H2. The van der Waals surface area contributed by atoms with Crippen LogP contribution in [0.15, 0.2) is 12.4 Å². The van der Waals surface area contributed by atoms with Crippen molar-refractivity contribution in [3.05, 3.63) is 18.1 Å². The number of amides is 1. The first kappa shape index (κ1) is 16.9. The van der Waals surface area contributed by atoms with E-state index in [4.69, 9.17) is 4.74 Å². The number of rotatable bonds is 2. The molecule has 2 aliphatic heterocycles. The molecular weight excluding hydrogens is 325 g/mol. The number of hydrogen-bond acceptors (Lipinski definition) is 5. The normalized spacial score (nSPS) is 20.3. The van der Waals surface area contributed by atoms with Gasteiger partial charge >= 0.3 is 6.18 Å². The molecule has 6 nitrogen and oxygen atoms in total. The minimum Gasteiger partial charge on any atom is -0.378 e. The molecule has 2 fully saturated rings. The number of piperidine rings is 1. The Morgan fingerprint density at radius 1 is 1.12 bits per heavy atom. The van der Waals surface area contributed by atoms with Crippen molar-refractivity contribution in [2.24, 2.45) is 5.92 Å². The van der Waals surface area contributed by atoms with Gasteiger partial charge in [0.05, 0.1) is 13.2 Å². The van der Waals surface area contributed by atoms with E-state index in [1.54, 1.807) is 4.90 Å². The fourth-order valence-corrected chi connectivity index (χ4v) is 3.07. The molecule has 0 spiro atoms. The van der Waals surface area contributed by atoms with E-state index in [0.717, 1.165) is 12.4 Å². The van der Waals surface area contributed by atoms with Crippen LogP contribution in [0.1, 0.15) is 18.5 Å². The van der Waals surface area contributed by atoms with Crippen molar-refractivity contribution in [1.82, 2.24) is 14.9 Å². The predicted octanol–water partition coefficient (Wildman–Crippen LogP) is 1.57. The second-order valence-electron chi connectivity index (χ2n) is 5.96. The molecule has 1 aromatic rings. The maximum atomic E-state index is 12.7. The number of anilines is 1. The van der Waals surface area contributed by atoms with Crippen molar-refractivity contribution in [1.29, 1.82) is 0 Å². The van der Waals surface area contributed by atoms with Crippen LogP contribution in [0.4, 0.5) is 19.0 Å². The summed E-state index contributed by atoms with van der Waals surface area (Å²) in [4.78, 5) is 23.3. The smallest absolute Gasteiger partial charge is 0.378 e. The quantitative estimate of drug-likeness (QED) is 0.815. The molecule has 2 saturated heterocycles. The molecule has 0 N–H and O–H groups in total. The molecule has 24 heavy (non-hydrogen) atoms. The van der Waals surface area contributed by atoms with Crippen molar-refractivity contribution in [2.75, 3.05) is 44.3 Å². The summed E-state index contributed by atoms with van der Waals surface area (Å²) in [7, 11) is 0. The first-order valence-corrected chi connectivity index (χ1v) is 7.96. The molecule has 3 heterocycles. The van der Waals surface area contributed by atoms with Crippen molar-refractivity contribution >= 4 is 11.7 Å². The van der Waals surface area contributed by atoms with Crippen LogP contribution in [0.2, 0.25) is 0 Å². The first-order chi connectivity index (χ1) is 11.4. The van der Waals surface area contributed by atoms with Gasteiger partial charge in [0, 0.05) is 38.2 Å². The molecule has 0 aliphatic carbocycles. The Balaban J connectivity index is 1.60. The number of alkyl halides is 3. The Hall–Kier alpha value is -1.90. The summed E-state index contributed by atoms with van der Waals surface area (Å²) in [5.41, 5.74) is -0.945. The van der Waals surface area contributed by atoms with Gasteiger partial charge in [-0.3, -0.25) is 4.79 Å². The molecule has 132 valence electrons. The highest BCUT2D eigenvalue weighted by atomic mass is 19.4. The topological polar surface area (TPSA) is 58.6 Å². The van der Waals surface area contributed by atoms with E-state index in [0.29, 0.717) is 52.2 Å². The number of halogens is 3. The van der Waals surface area contributed by atoms with E-state index in [1.165, 1.54) is 0 Å². The molecule has 0 atom stereocenters. The molecule has 0 saturated carbocycles. The van der Waals surface area contributed by atoms with Crippen molar-refractivity contribution < 1.29 is 22.7 Å². The zero-order chi connectivity index (χ0) is 17.2. The van der Waals surface area contributed by atoms with Crippen molar-refractivity contribution in [3.8, 4) is 0 Å². The number of carbonyl (C=O) groups is 1. The van der Waals surface area contributed by atoms with Crippen LogP contribution >= 0.6 is 0 Å². The second kappa shape index (κ2) is 6.92. The maximum Gasteiger partial charge on any atom is 0.433 e. The van der Waals surface area contributed by atoms with E-state index < -0.39 is 11.9 Å². The molecule has 0 radical (unpaired) electrons. The van der Waals surface area contributed by atoms with E-state index in [1.807, 2.05) is 4.90 Å². The lowest BCUT2D eigenvalue weighted by molar-refractivity contribution is -0.141. The molecular formula is C15H19F3N4O2. The summed E-state index contributed by atoms with van der Waals surface area (Å²) in [6.07, 6.45) is -2.32. The van der Waals surface area contributed by atoms with Crippen LogP contribution in [-0.4, -0.2) is 60.2 Å². The van der Waals surface area contributed by atoms with Gasteiger partial charge in [0.15, 0.2) is 0 Å². The van der Waals surface area contributed by atoms with Crippen LogP contribution in [0.5, 0.6) is 0 Å². The van der Waals surface area contributed by atoms with Crippen LogP contribution in [0.25, 0.3) is 0 Å². The molecule has 0 bridgehead atoms. The third-order valence-corrected chi connectivity index (χ3v) is 4.43. The van der Waals surface area contributed by atoms with Crippen molar-refractivity contribution in [2.45, 2.75) is 19.0 Å². The van der Waals surface area contributed by atoms with Gasteiger partial charge in [-0.1, -0.05) is 0 Å². The largest absolute Gasteiger partial charge is 0.433 e. The first-order valence-electron chi connectivity index (χ1n) is 7.96.